The zero-order chi connectivity index (χ0) is 19.1. The van der Waals surface area contributed by atoms with Crippen molar-refractivity contribution >= 4 is 17.7 Å². The molecule has 0 saturated carbocycles. The molecule has 0 fully saturated rings. The van der Waals surface area contributed by atoms with Crippen LogP contribution in [0.1, 0.15) is 10.5 Å². The van der Waals surface area contributed by atoms with Gasteiger partial charge in [0.1, 0.15) is 24.7 Å². The predicted molar refractivity (Wildman–Crippen MR) is 104 cm³/mol. The second kappa shape index (κ2) is 9.14. The van der Waals surface area contributed by atoms with E-state index in [2.05, 4.69) is 4.98 Å². The van der Waals surface area contributed by atoms with E-state index in [9.17, 15) is 4.79 Å². The molecule has 3 aromatic rings. The van der Waals surface area contributed by atoms with Gasteiger partial charge in [0, 0.05) is 5.69 Å². The highest BCUT2D eigenvalue weighted by Crippen LogP contribution is 2.22. The summed E-state index contributed by atoms with van der Waals surface area (Å²) in [5, 5.41) is 0.725. The predicted octanol–water partition coefficient (Wildman–Crippen LogP) is 3.84. The van der Waals surface area contributed by atoms with Crippen LogP contribution in [-0.2, 0) is 4.74 Å². The minimum absolute atomic E-state index is 0.138. The van der Waals surface area contributed by atoms with Crippen LogP contribution in [0, 0.1) is 0 Å². The molecule has 0 bridgehead atoms. The van der Waals surface area contributed by atoms with Gasteiger partial charge in [-0.3, -0.25) is 4.57 Å². The molecule has 0 unspecified atom stereocenters. The SMILES string of the molecule is COc1ccc(OCCOC(=O)c2cnc(SC)n2-c2ccccc2)cc1. The van der Waals surface area contributed by atoms with E-state index < -0.39 is 5.97 Å². The maximum absolute atomic E-state index is 12.5. The van der Waals surface area contributed by atoms with Crippen molar-refractivity contribution in [3.63, 3.8) is 0 Å². The normalized spacial score (nSPS) is 10.4. The summed E-state index contributed by atoms with van der Waals surface area (Å²) >= 11 is 1.47. The maximum atomic E-state index is 12.5. The number of carbonyl (C=O) groups excluding carboxylic acids is 1. The average Bonchev–Trinajstić information content (AvgIpc) is 3.16. The van der Waals surface area contributed by atoms with Crippen LogP contribution in [0.5, 0.6) is 11.5 Å². The first-order chi connectivity index (χ1) is 13.2. The Kier molecular flexibility index (Phi) is 6.38. The van der Waals surface area contributed by atoms with Crippen LogP contribution in [-0.4, -0.2) is 42.1 Å². The first-order valence-electron chi connectivity index (χ1n) is 8.34. The third-order valence-electron chi connectivity index (χ3n) is 3.78. The van der Waals surface area contributed by atoms with Crippen LogP contribution in [0.25, 0.3) is 5.69 Å². The molecule has 0 amide bonds. The monoisotopic (exact) mass is 384 g/mol. The van der Waals surface area contributed by atoms with Gasteiger partial charge >= 0.3 is 5.97 Å². The van der Waals surface area contributed by atoms with Crippen LogP contribution in [0.4, 0.5) is 0 Å². The maximum Gasteiger partial charge on any atom is 0.357 e. The van der Waals surface area contributed by atoms with Crippen molar-refractivity contribution in [2.75, 3.05) is 26.6 Å². The van der Waals surface area contributed by atoms with Gasteiger partial charge < -0.3 is 14.2 Å². The van der Waals surface area contributed by atoms with E-state index in [1.54, 1.807) is 23.8 Å². The highest BCUT2D eigenvalue weighted by Gasteiger charge is 2.18. The van der Waals surface area contributed by atoms with E-state index in [4.69, 9.17) is 14.2 Å². The molecule has 27 heavy (non-hydrogen) atoms. The molecule has 1 heterocycles. The van der Waals surface area contributed by atoms with Crippen LogP contribution in [0.2, 0.25) is 0 Å². The number of aromatic nitrogens is 2. The van der Waals surface area contributed by atoms with Gasteiger partial charge in [-0.2, -0.15) is 0 Å². The molecule has 7 heteroatoms. The van der Waals surface area contributed by atoms with E-state index in [1.165, 1.54) is 18.0 Å². The lowest BCUT2D eigenvalue weighted by atomic mass is 10.3. The second-order valence-corrected chi connectivity index (χ2v) is 6.23. The topological polar surface area (TPSA) is 62.6 Å². The van der Waals surface area contributed by atoms with E-state index in [1.807, 2.05) is 48.7 Å². The van der Waals surface area contributed by atoms with Gasteiger partial charge in [-0.05, 0) is 42.7 Å². The molecule has 3 rings (SSSR count). The molecule has 0 radical (unpaired) electrons. The van der Waals surface area contributed by atoms with Crippen LogP contribution in [0.3, 0.4) is 0 Å². The molecule has 0 atom stereocenters. The molecule has 0 aliphatic heterocycles. The smallest absolute Gasteiger partial charge is 0.357 e. The van der Waals surface area contributed by atoms with Crippen LogP contribution >= 0.6 is 11.8 Å². The molecular weight excluding hydrogens is 364 g/mol. The van der Waals surface area contributed by atoms with Gasteiger partial charge in [0.2, 0.25) is 0 Å². The first-order valence-corrected chi connectivity index (χ1v) is 9.56. The Morgan fingerprint density at radius 3 is 2.41 bits per heavy atom. The average molecular weight is 384 g/mol. The number of para-hydroxylation sites is 1. The summed E-state index contributed by atoms with van der Waals surface area (Å²) in [6, 6.07) is 16.8. The Morgan fingerprint density at radius 1 is 1.04 bits per heavy atom. The zero-order valence-electron chi connectivity index (χ0n) is 15.1. The standard InChI is InChI=1S/C20H20N2O4S/c1-24-16-8-10-17(11-9-16)25-12-13-26-19(23)18-14-21-20(27-2)22(18)15-6-4-3-5-7-15/h3-11,14H,12-13H2,1-2H3. The number of nitrogens with zero attached hydrogens (tertiary/aromatic N) is 2. The van der Waals surface area contributed by atoms with Crippen molar-refractivity contribution in [3.05, 3.63) is 66.5 Å². The summed E-state index contributed by atoms with van der Waals surface area (Å²) in [6.45, 7) is 0.395. The number of esters is 1. The van der Waals surface area contributed by atoms with Crippen molar-refractivity contribution in [1.29, 1.82) is 0 Å². The minimum Gasteiger partial charge on any atom is -0.497 e. The Hall–Kier alpha value is -2.93. The van der Waals surface area contributed by atoms with Crippen molar-refractivity contribution in [1.82, 2.24) is 9.55 Å². The summed E-state index contributed by atoms with van der Waals surface area (Å²) in [4.78, 5) is 16.8. The Bertz CT molecular complexity index is 879. The third-order valence-corrected chi connectivity index (χ3v) is 4.43. The van der Waals surface area contributed by atoms with Crippen molar-refractivity contribution < 1.29 is 19.0 Å². The van der Waals surface area contributed by atoms with Crippen molar-refractivity contribution in [3.8, 4) is 17.2 Å². The highest BCUT2D eigenvalue weighted by atomic mass is 32.2. The van der Waals surface area contributed by atoms with Gasteiger partial charge in [0.25, 0.3) is 0 Å². The number of benzene rings is 2. The van der Waals surface area contributed by atoms with Gasteiger partial charge in [-0.25, -0.2) is 9.78 Å². The number of hydrogen-bond donors (Lipinski definition) is 0. The molecule has 0 aliphatic rings. The fraction of sp³-hybridized carbons (Fsp3) is 0.200. The third kappa shape index (κ3) is 4.62. The summed E-state index contributed by atoms with van der Waals surface area (Å²) < 4.78 is 17.8. The minimum atomic E-state index is -0.440. The molecule has 2 aromatic carbocycles. The summed E-state index contributed by atoms with van der Waals surface area (Å²) in [5.74, 6) is 1.00. The Labute approximate surface area is 162 Å². The number of rotatable bonds is 8. The first kappa shape index (κ1) is 18.8. The van der Waals surface area contributed by atoms with Crippen molar-refractivity contribution in [2.45, 2.75) is 5.16 Å². The summed E-state index contributed by atoms with van der Waals surface area (Å²) in [6.07, 6.45) is 3.45. The fourth-order valence-electron chi connectivity index (χ4n) is 2.49. The molecule has 6 nitrogen and oxygen atoms in total. The summed E-state index contributed by atoms with van der Waals surface area (Å²) in [5.41, 5.74) is 1.25. The largest absolute Gasteiger partial charge is 0.497 e. The number of ether oxygens (including phenoxy) is 3. The zero-order valence-corrected chi connectivity index (χ0v) is 15.9. The number of hydrogen-bond acceptors (Lipinski definition) is 6. The van der Waals surface area contributed by atoms with Crippen molar-refractivity contribution in [2.24, 2.45) is 0 Å². The molecule has 0 spiro atoms. The molecule has 0 aliphatic carbocycles. The second-order valence-electron chi connectivity index (χ2n) is 5.46. The highest BCUT2D eigenvalue weighted by molar-refractivity contribution is 7.98. The van der Waals surface area contributed by atoms with E-state index >= 15 is 0 Å². The lowest BCUT2D eigenvalue weighted by molar-refractivity contribution is 0.0440. The van der Waals surface area contributed by atoms with Gasteiger partial charge in [0.15, 0.2) is 10.9 Å². The van der Waals surface area contributed by atoms with E-state index in [0.29, 0.717) is 11.4 Å². The fourth-order valence-corrected chi connectivity index (χ4v) is 3.03. The van der Waals surface area contributed by atoms with Gasteiger partial charge in [-0.1, -0.05) is 30.0 Å². The number of carbonyl (C=O) groups is 1. The lowest BCUT2D eigenvalue weighted by Gasteiger charge is -2.11. The quantitative estimate of drug-likeness (QED) is 0.334. The van der Waals surface area contributed by atoms with Crippen LogP contribution in [0.15, 0.2) is 66.0 Å². The number of imidazole rings is 1. The van der Waals surface area contributed by atoms with E-state index in [-0.39, 0.29) is 13.2 Å². The molecule has 0 saturated heterocycles. The Morgan fingerprint density at radius 2 is 1.74 bits per heavy atom. The van der Waals surface area contributed by atoms with Gasteiger partial charge in [-0.15, -0.1) is 0 Å². The molecular formula is C20H20N2O4S. The Balaban J connectivity index is 1.60. The van der Waals surface area contributed by atoms with Crippen LogP contribution < -0.4 is 9.47 Å². The molecule has 0 N–H and O–H groups in total. The molecule has 140 valence electrons. The molecule has 1 aromatic heterocycles. The number of methoxy groups -OCH3 is 1. The van der Waals surface area contributed by atoms with Gasteiger partial charge in [0.05, 0.1) is 13.3 Å². The lowest BCUT2D eigenvalue weighted by Crippen LogP contribution is -2.15. The van der Waals surface area contributed by atoms with E-state index in [0.717, 1.165) is 16.6 Å². The number of thioether (sulfide) groups is 1. The summed E-state index contributed by atoms with van der Waals surface area (Å²) in [7, 11) is 1.61.